The molecule has 1 saturated heterocycles. The van der Waals surface area contributed by atoms with Gasteiger partial charge in [0, 0.05) is 31.7 Å². The SMILES string of the molecule is CC(C(=O)O)C1CN(C(C)c2cnccn2)C1. The zero-order valence-corrected chi connectivity index (χ0v) is 10.1. The van der Waals surface area contributed by atoms with Crippen molar-refractivity contribution in [1.82, 2.24) is 14.9 Å². The van der Waals surface area contributed by atoms with Gasteiger partial charge in [0.1, 0.15) is 0 Å². The summed E-state index contributed by atoms with van der Waals surface area (Å²) in [6.45, 7) is 5.50. The molecule has 92 valence electrons. The number of likely N-dealkylation sites (tertiary alicyclic amines) is 1. The molecule has 2 rings (SSSR count). The monoisotopic (exact) mass is 235 g/mol. The van der Waals surface area contributed by atoms with E-state index in [-0.39, 0.29) is 17.9 Å². The van der Waals surface area contributed by atoms with Crippen LogP contribution in [0.3, 0.4) is 0 Å². The minimum absolute atomic E-state index is 0.209. The van der Waals surface area contributed by atoms with Gasteiger partial charge in [-0.05, 0) is 12.8 Å². The van der Waals surface area contributed by atoms with Crippen LogP contribution < -0.4 is 0 Å². The van der Waals surface area contributed by atoms with Gasteiger partial charge in [-0.15, -0.1) is 0 Å². The van der Waals surface area contributed by atoms with Crippen LogP contribution in [0.4, 0.5) is 0 Å². The molecule has 0 aliphatic carbocycles. The fourth-order valence-electron chi connectivity index (χ4n) is 2.10. The Balaban J connectivity index is 1.90. The summed E-state index contributed by atoms with van der Waals surface area (Å²) in [4.78, 5) is 21.4. The fourth-order valence-corrected chi connectivity index (χ4v) is 2.10. The van der Waals surface area contributed by atoms with Gasteiger partial charge in [0.25, 0.3) is 0 Å². The highest BCUT2D eigenvalue weighted by molar-refractivity contribution is 5.70. The number of hydrogen-bond acceptors (Lipinski definition) is 4. The maximum absolute atomic E-state index is 10.8. The quantitative estimate of drug-likeness (QED) is 0.849. The van der Waals surface area contributed by atoms with Gasteiger partial charge in [0.2, 0.25) is 0 Å². The molecule has 2 unspecified atom stereocenters. The normalized spacial score (nSPS) is 20.6. The zero-order chi connectivity index (χ0) is 12.4. The second-order valence-electron chi connectivity index (χ2n) is 4.65. The Labute approximate surface area is 100 Å². The molecule has 1 N–H and O–H groups in total. The first-order valence-electron chi connectivity index (χ1n) is 5.82. The van der Waals surface area contributed by atoms with Crippen LogP contribution in [-0.4, -0.2) is 39.0 Å². The summed E-state index contributed by atoms with van der Waals surface area (Å²) in [6.07, 6.45) is 5.10. The van der Waals surface area contributed by atoms with Crippen molar-refractivity contribution in [2.24, 2.45) is 11.8 Å². The van der Waals surface area contributed by atoms with Crippen LogP contribution >= 0.6 is 0 Å². The molecular weight excluding hydrogens is 218 g/mol. The van der Waals surface area contributed by atoms with Crippen LogP contribution in [-0.2, 0) is 4.79 Å². The highest BCUT2D eigenvalue weighted by Gasteiger charge is 2.37. The molecule has 1 fully saturated rings. The molecule has 1 aliphatic rings. The Morgan fingerprint density at radius 3 is 2.71 bits per heavy atom. The highest BCUT2D eigenvalue weighted by Crippen LogP contribution is 2.31. The first-order valence-corrected chi connectivity index (χ1v) is 5.82. The molecular formula is C12H17N3O2. The average Bonchev–Trinajstić information content (AvgIpc) is 2.27. The second kappa shape index (κ2) is 4.79. The Morgan fingerprint density at radius 2 is 2.18 bits per heavy atom. The molecule has 0 bridgehead atoms. The lowest BCUT2D eigenvalue weighted by atomic mass is 9.86. The van der Waals surface area contributed by atoms with Gasteiger partial charge in [-0.3, -0.25) is 19.7 Å². The van der Waals surface area contributed by atoms with Crippen molar-refractivity contribution in [3.8, 4) is 0 Å². The Morgan fingerprint density at radius 1 is 1.47 bits per heavy atom. The molecule has 1 aromatic rings. The fraction of sp³-hybridized carbons (Fsp3) is 0.583. The van der Waals surface area contributed by atoms with E-state index in [4.69, 9.17) is 5.11 Å². The molecule has 0 saturated carbocycles. The Hall–Kier alpha value is -1.49. The third-order valence-electron chi connectivity index (χ3n) is 3.59. The number of aromatic nitrogens is 2. The lowest BCUT2D eigenvalue weighted by molar-refractivity contribution is -0.146. The number of nitrogens with zero attached hydrogens (tertiary/aromatic N) is 3. The van der Waals surface area contributed by atoms with E-state index in [1.807, 2.05) is 0 Å². The molecule has 5 heteroatoms. The minimum atomic E-state index is -0.707. The first-order chi connectivity index (χ1) is 8.09. The second-order valence-corrected chi connectivity index (χ2v) is 4.65. The van der Waals surface area contributed by atoms with Crippen molar-refractivity contribution in [2.75, 3.05) is 13.1 Å². The maximum atomic E-state index is 10.8. The number of carboxylic acids is 1. The smallest absolute Gasteiger partial charge is 0.306 e. The predicted molar refractivity (Wildman–Crippen MR) is 62.3 cm³/mol. The van der Waals surface area contributed by atoms with Gasteiger partial charge in [-0.1, -0.05) is 6.92 Å². The van der Waals surface area contributed by atoms with Crippen LogP contribution in [0.25, 0.3) is 0 Å². The predicted octanol–water partition coefficient (Wildman–Crippen LogP) is 1.19. The highest BCUT2D eigenvalue weighted by atomic mass is 16.4. The van der Waals surface area contributed by atoms with Gasteiger partial charge in [0.15, 0.2) is 0 Å². The molecule has 0 aromatic carbocycles. The van der Waals surface area contributed by atoms with Crippen molar-refractivity contribution in [3.05, 3.63) is 24.3 Å². The largest absolute Gasteiger partial charge is 0.481 e. The average molecular weight is 235 g/mol. The van der Waals surface area contributed by atoms with E-state index < -0.39 is 5.97 Å². The van der Waals surface area contributed by atoms with Crippen molar-refractivity contribution < 1.29 is 9.90 Å². The lowest BCUT2D eigenvalue weighted by Gasteiger charge is -2.44. The van der Waals surface area contributed by atoms with Gasteiger partial charge in [0.05, 0.1) is 17.7 Å². The summed E-state index contributed by atoms with van der Waals surface area (Å²) in [6, 6.07) is 0.209. The standard InChI is InChI=1S/C12H17N3O2/c1-8(12(16)17)10-6-15(7-10)9(2)11-5-13-3-4-14-11/h3-5,8-10H,6-7H2,1-2H3,(H,16,17). The van der Waals surface area contributed by atoms with Crippen molar-refractivity contribution >= 4 is 5.97 Å². The van der Waals surface area contributed by atoms with Crippen LogP contribution in [0.15, 0.2) is 18.6 Å². The topological polar surface area (TPSA) is 66.3 Å². The van der Waals surface area contributed by atoms with Crippen molar-refractivity contribution in [3.63, 3.8) is 0 Å². The van der Waals surface area contributed by atoms with E-state index in [1.165, 1.54) is 0 Å². The van der Waals surface area contributed by atoms with E-state index in [0.29, 0.717) is 0 Å². The summed E-state index contributed by atoms with van der Waals surface area (Å²) in [5, 5.41) is 8.92. The molecule has 0 spiro atoms. The number of hydrogen-bond donors (Lipinski definition) is 1. The minimum Gasteiger partial charge on any atom is -0.481 e. The molecule has 2 heterocycles. The van der Waals surface area contributed by atoms with Crippen LogP contribution in [0, 0.1) is 11.8 Å². The summed E-state index contributed by atoms with van der Waals surface area (Å²) < 4.78 is 0. The van der Waals surface area contributed by atoms with Gasteiger partial charge < -0.3 is 5.11 Å². The number of carbonyl (C=O) groups is 1. The maximum Gasteiger partial charge on any atom is 0.306 e. The third-order valence-corrected chi connectivity index (χ3v) is 3.59. The zero-order valence-electron chi connectivity index (χ0n) is 10.1. The first kappa shape index (κ1) is 12.0. The third kappa shape index (κ3) is 2.44. The molecule has 17 heavy (non-hydrogen) atoms. The van der Waals surface area contributed by atoms with Crippen LogP contribution in [0.1, 0.15) is 25.6 Å². The number of rotatable bonds is 4. The summed E-state index contributed by atoms with van der Waals surface area (Å²) in [5.41, 5.74) is 0.939. The Kier molecular flexibility index (Phi) is 3.38. The van der Waals surface area contributed by atoms with Crippen LogP contribution in [0.5, 0.6) is 0 Å². The summed E-state index contributed by atoms with van der Waals surface area (Å²) >= 11 is 0. The summed E-state index contributed by atoms with van der Waals surface area (Å²) in [7, 11) is 0. The van der Waals surface area contributed by atoms with E-state index in [0.717, 1.165) is 18.8 Å². The number of aliphatic carboxylic acids is 1. The van der Waals surface area contributed by atoms with Gasteiger partial charge in [-0.25, -0.2) is 0 Å². The van der Waals surface area contributed by atoms with Gasteiger partial charge in [-0.2, -0.15) is 0 Å². The van der Waals surface area contributed by atoms with Crippen molar-refractivity contribution in [2.45, 2.75) is 19.9 Å². The molecule has 5 nitrogen and oxygen atoms in total. The van der Waals surface area contributed by atoms with E-state index in [1.54, 1.807) is 25.5 Å². The summed E-state index contributed by atoms with van der Waals surface area (Å²) in [5.74, 6) is -0.714. The molecule has 1 aliphatic heterocycles. The molecule has 0 radical (unpaired) electrons. The van der Waals surface area contributed by atoms with Crippen molar-refractivity contribution in [1.29, 1.82) is 0 Å². The Bertz CT molecular complexity index is 390. The van der Waals surface area contributed by atoms with E-state index in [9.17, 15) is 4.79 Å². The molecule has 0 amide bonds. The van der Waals surface area contributed by atoms with Crippen LogP contribution in [0.2, 0.25) is 0 Å². The van der Waals surface area contributed by atoms with E-state index in [2.05, 4.69) is 21.8 Å². The number of carboxylic acid groups (broad SMARTS) is 1. The van der Waals surface area contributed by atoms with E-state index >= 15 is 0 Å². The molecule has 2 atom stereocenters. The lowest BCUT2D eigenvalue weighted by Crippen LogP contribution is -2.51. The van der Waals surface area contributed by atoms with Gasteiger partial charge >= 0.3 is 5.97 Å². The molecule has 1 aromatic heterocycles.